The first kappa shape index (κ1) is 10.0. The lowest BCUT2D eigenvalue weighted by molar-refractivity contribution is -0.167. The second-order valence-corrected chi connectivity index (χ2v) is 6.07. The Morgan fingerprint density at radius 3 is 2.50 bits per heavy atom. The van der Waals surface area contributed by atoms with Crippen molar-refractivity contribution < 1.29 is 9.90 Å². The van der Waals surface area contributed by atoms with E-state index in [9.17, 15) is 4.79 Å². The maximum absolute atomic E-state index is 10.8. The molecule has 2 nitrogen and oxygen atoms in total. The monoisotopic (exact) mass is 196 g/mol. The van der Waals surface area contributed by atoms with Crippen molar-refractivity contribution in [1.29, 1.82) is 0 Å². The maximum atomic E-state index is 10.8. The van der Waals surface area contributed by atoms with Crippen LogP contribution in [0.1, 0.15) is 46.5 Å². The van der Waals surface area contributed by atoms with Gasteiger partial charge in [0.1, 0.15) is 0 Å². The third-order valence-corrected chi connectivity index (χ3v) is 4.93. The van der Waals surface area contributed by atoms with Crippen LogP contribution in [-0.4, -0.2) is 11.1 Å². The van der Waals surface area contributed by atoms with Crippen LogP contribution in [0.5, 0.6) is 0 Å². The molecule has 0 saturated heterocycles. The molecule has 0 radical (unpaired) electrons. The quantitative estimate of drug-likeness (QED) is 0.737. The van der Waals surface area contributed by atoms with Crippen molar-refractivity contribution in [3.8, 4) is 0 Å². The molecule has 3 aliphatic carbocycles. The summed E-state index contributed by atoms with van der Waals surface area (Å²) in [5.74, 6) is 0.855. The molecule has 0 amide bonds. The van der Waals surface area contributed by atoms with Crippen molar-refractivity contribution >= 4 is 5.97 Å². The van der Waals surface area contributed by atoms with Gasteiger partial charge in [-0.2, -0.15) is 0 Å². The number of carbonyl (C=O) groups is 1. The highest BCUT2D eigenvalue weighted by molar-refractivity contribution is 5.67. The number of rotatable bonds is 2. The third-order valence-electron chi connectivity index (χ3n) is 4.93. The molecule has 0 aromatic rings. The summed E-state index contributed by atoms with van der Waals surface area (Å²) >= 11 is 0. The fourth-order valence-corrected chi connectivity index (χ4v) is 3.92. The van der Waals surface area contributed by atoms with E-state index in [-0.39, 0.29) is 5.41 Å². The smallest absolute Gasteiger partial charge is 0.303 e. The number of carboxylic acid groups (broad SMARTS) is 1. The van der Waals surface area contributed by atoms with Gasteiger partial charge >= 0.3 is 5.97 Å². The molecule has 14 heavy (non-hydrogen) atoms. The second kappa shape index (κ2) is 2.74. The fourth-order valence-electron chi connectivity index (χ4n) is 3.92. The van der Waals surface area contributed by atoms with Gasteiger partial charge in [0, 0.05) is 0 Å². The molecule has 2 bridgehead atoms. The van der Waals surface area contributed by atoms with Crippen LogP contribution in [0.4, 0.5) is 0 Å². The van der Waals surface area contributed by atoms with Gasteiger partial charge in [0.05, 0.1) is 6.42 Å². The van der Waals surface area contributed by atoms with Gasteiger partial charge in [0.15, 0.2) is 0 Å². The second-order valence-electron chi connectivity index (χ2n) is 6.07. The summed E-state index contributed by atoms with van der Waals surface area (Å²) in [7, 11) is 0. The molecule has 0 heterocycles. The van der Waals surface area contributed by atoms with E-state index < -0.39 is 5.97 Å². The lowest BCUT2D eigenvalue weighted by Gasteiger charge is -2.64. The first-order chi connectivity index (χ1) is 6.36. The predicted molar refractivity (Wildman–Crippen MR) is 55.0 cm³/mol. The van der Waals surface area contributed by atoms with E-state index >= 15 is 0 Å². The Bertz CT molecular complexity index is 267. The van der Waals surface area contributed by atoms with E-state index in [1.807, 2.05) is 0 Å². The highest BCUT2D eigenvalue weighted by Crippen LogP contribution is 2.66. The van der Waals surface area contributed by atoms with Gasteiger partial charge in [-0.1, -0.05) is 20.8 Å². The zero-order chi connectivity index (χ0) is 10.6. The van der Waals surface area contributed by atoms with Crippen LogP contribution in [0.3, 0.4) is 0 Å². The van der Waals surface area contributed by atoms with Crippen molar-refractivity contribution in [2.75, 3.05) is 0 Å². The molecule has 3 aliphatic rings. The maximum Gasteiger partial charge on any atom is 0.303 e. The van der Waals surface area contributed by atoms with Crippen LogP contribution in [0.2, 0.25) is 0 Å². The van der Waals surface area contributed by atoms with Gasteiger partial charge < -0.3 is 5.11 Å². The summed E-state index contributed by atoms with van der Waals surface area (Å²) < 4.78 is 0. The molecule has 80 valence electrons. The van der Waals surface area contributed by atoms with Crippen molar-refractivity contribution in [1.82, 2.24) is 0 Å². The third kappa shape index (κ3) is 1.19. The van der Waals surface area contributed by atoms with Crippen LogP contribution in [0.15, 0.2) is 0 Å². The SMILES string of the molecule is CC1(CC(=O)O)CCC2CC1C2(C)C. The van der Waals surface area contributed by atoms with E-state index in [1.165, 1.54) is 12.8 Å². The Labute approximate surface area is 85.7 Å². The first-order valence-corrected chi connectivity index (χ1v) is 5.58. The molecule has 0 aromatic carbocycles. The van der Waals surface area contributed by atoms with Crippen LogP contribution in [0.25, 0.3) is 0 Å². The minimum Gasteiger partial charge on any atom is -0.481 e. The lowest BCUT2D eigenvalue weighted by Crippen LogP contribution is -2.57. The molecule has 3 unspecified atom stereocenters. The molecule has 0 spiro atoms. The number of fused-ring (bicyclic) bond motifs is 2. The molecule has 0 aromatic heterocycles. The normalized spacial score (nSPS) is 44.2. The summed E-state index contributed by atoms with van der Waals surface area (Å²) in [6.07, 6.45) is 3.95. The average molecular weight is 196 g/mol. The van der Waals surface area contributed by atoms with Gasteiger partial charge in [-0.05, 0) is 41.9 Å². The highest BCUT2D eigenvalue weighted by Gasteiger charge is 2.59. The summed E-state index contributed by atoms with van der Waals surface area (Å²) in [6, 6.07) is 0. The van der Waals surface area contributed by atoms with E-state index in [0.29, 0.717) is 17.8 Å². The van der Waals surface area contributed by atoms with Gasteiger partial charge in [-0.25, -0.2) is 0 Å². The van der Waals surface area contributed by atoms with Gasteiger partial charge in [0.2, 0.25) is 0 Å². The van der Waals surface area contributed by atoms with E-state index in [4.69, 9.17) is 5.11 Å². The van der Waals surface area contributed by atoms with Crippen LogP contribution < -0.4 is 0 Å². The zero-order valence-corrected chi connectivity index (χ0v) is 9.34. The Balaban J connectivity index is 2.17. The van der Waals surface area contributed by atoms with E-state index in [1.54, 1.807) is 0 Å². The van der Waals surface area contributed by atoms with Gasteiger partial charge in [-0.3, -0.25) is 4.79 Å². The first-order valence-electron chi connectivity index (χ1n) is 5.58. The number of hydrogen-bond acceptors (Lipinski definition) is 1. The highest BCUT2D eigenvalue weighted by atomic mass is 16.4. The van der Waals surface area contributed by atoms with Gasteiger partial charge in [-0.15, -0.1) is 0 Å². The fraction of sp³-hybridized carbons (Fsp3) is 0.917. The molecule has 3 fully saturated rings. The minimum atomic E-state index is -0.631. The Morgan fingerprint density at radius 1 is 1.43 bits per heavy atom. The van der Waals surface area contributed by atoms with E-state index in [2.05, 4.69) is 20.8 Å². The van der Waals surface area contributed by atoms with Crippen LogP contribution in [-0.2, 0) is 4.79 Å². The molecular formula is C12H20O2. The van der Waals surface area contributed by atoms with Crippen molar-refractivity contribution in [2.45, 2.75) is 46.5 Å². The Kier molecular flexibility index (Phi) is 1.96. The zero-order valence-electron chi connectivity index (χ0n) is 9.34. The van der Waals surface area contributed by atoms with E-state index in [0.717, 1.165) is 12.3 Å². The molecule has 3 saturated carbocycles. The van der Waals surface area contributed by atoms with Crippen LogP contribution >= 0.6 is 0 Å². The largest absolute Gasteiger partial charge is 0.481 e. The molecule has 0 aliphatic heterocycles. The average Bonchev–Trinajstić information content (AvgIpc) is 2.00. The van der Waals surface area contributed by atoms with Crippen molar-refractivity contribution in [2.24, 2.45) is 22.7 Å². The molecule has 3 rings (SSSR count). The van der Waals surface area contributed by atoms with Crippen LogP contribution in [0, 0.1) is 22.7 Å². The number of aliphatic carboxylic acids is 1. The van der Waals surface area contributed by atoms with Crippen molar-refractivity contribution in [3.05, 3.63) is 0 Å². The predicted octanol–water partition coefficient (Wildman–Crippen LogP) is 2.92. The van der Waals surface area contributed by atoms with Gasteiger partial charge in [0.25, 0.3) is 0 Å². The standard InChI is InChI=1S/C12H20O2/c1-11(2)8-4-5-12(3,7-10(13)14)9(11)6-8/h8-9H,4-7H2,1-3H3,(H,13,14). The summed E-state index contributed by atoms with van der Waals surface area (Å²) in [6.45, 7) is 6.79. The molecule has 1 N–H and O–H groups in total. The summed E-state index contributed by atoms with van der Waals surface area (Å²) in [4.78, 5) is 10.8. The summed E-state index contributed by atoms with van der Waals surface area (Å²) in [5.41, 5.74) is 0.451. The molecule has 2 heteroatoms. The number of hydrogen-bond donors (Lipinski definition) is 1. The molecular weight excluding hydrogens is 176 g/mol. The number of carboxylic acids is 1. The molecule has 3 atom stereocenters. The summed E-state index contributed by atoms with van der Waals surface area (Å²) in [5, 5.41) is 8.94. The topological polar surface area (TPSA) is 37.3 Å². The lowest BCUT2D eigenvalue weighted by atomic mass is 9.40. The Hall–Kier alpha value is -0.530. The van der Waals surface area contributed by atoms with Crippen molar-refractivity contribution in [3.63, 3.8) is 0 Å². The minimum absolute atomic E-state index is 0.0596. The Morgan fingerprint density at radius 2 is 2.07 bits per heavy atom.